The van der Waals surface area contributed by atoms with Crippen molar-refractivity contribution in [2.24, 2.45) is 0 Å². The maximum absolute atomic E-state index is 13.5. The van der Waals surface area contributed by atoms with Crippen LogP contribution in [0.5, 0.6) is 0 Å². The van der Waals surface area contributed by atoms with E-state index in [-0.39, 0.29) is 11.9 Å². The Kier molecular flexibility index (Phi) is 5.50. The molecule has 31 heavy (non-hydrogen) atoms. The molecule has 6 nitrogen and oxygen atoms in total. The molecular weight excluding hydrogens is 410 g/mol. The molecule has 0 bridgehead atoms. The number of amides is 1. The lowest BCUT2D eigenvalue weighted by Gasteiger charge is -2.43. The van der Waals surface area contributed by atoms with Crippen LogP contribution in [-0.4, -0.2) is 29.6 Å². The monoisotopic (exact) mass is 433 g/mol. The summed E-state index contributed by atoms with van der Waals surface area (Å²) in [6.45, 7) is 9.12. The number of ether oxygens (including phenoxy) is 1. The highest BCUT2D eigenvalue weighted by Crippen LogP contribution is 2.48. The van der Waals surface area contributed by atoms with Gasteiger partial charge in [-0.25, -0.2) is 4.85 Å². The molecule has 0 atom stereocenters. The van der Waals surface area contributed by atoms with Crippen LogP contribution < -0.4 is 9.80 Å². The smallest absolute Gasteiger partial charge is 0.305 e. The molecule has 2 aliphatic rings. The van der Waals surface area contributed by atoms with Crippen LogP contribution in [0.4, 0.5) is 17.1 Å². The van der Waals surface area contributed by atoms with E-state index < -0.39 is 5.54 Å². The summed E-state index contributed by atoms with van der Waals surface area (Å²) >= 11 is 5.80. The minimum Gasteiger partial charge on any atom is -0.469 e. The normalized spacial score (nSPS) is 16.9. The number of aryl methyl sites for hydroxylation is 2. The second-order valence-corrected chi connectivity index (χ2v) is 8.33. The molecule has 2 aromatic carbocycles. The Hall–Kier alpha value is -3.24. The van der Waals surface area contributed by atoms with Gasteiger partial charge in [-0.15, -0.1) is 0 Å². The molecule has 0 radical (unpaired) electrons. The standard InChI is InChI=1S/C24H23N3O3S/c1-16-15-19(10-11-20(16)25-2)26-22(29)24(13-4-14-24)27(23(26)31)18-8-5-17(6-9-18)7-12-21(28)30-3/h5-6,8-11,15H,4,7,12-14H2,1,3H3. The van der Waals surface area contributed by atoms with Crippen LogP contribution in [0.15, 0.2) is 42.5 Å². The quantitative estimate of drug-likeness (QED) is 0.388. The fourth-order valence-electron chi connectivity index (χ4n) is 4.27. The maximum Gasteiger partial charge on any atom is 0.305 e. The van der Waals surface area contributed by atoms with Crippen molar-refractivity contribution in [2.45, 2.75) is 44.6 Å². The van der Waals surface area contributed by atoms with Gasteiger partial charge in [-0.2, -0.15) is 0 Å². The molecule has 2 fully saturated rings. The van der Waals surface area contributed by atoms with E-state index in [1.807, 2.05) is 42.2 Å². The molecule has 7 heteroatoms. The van der Waals surface area contributed by atoms with Crippen LogP contribution in [0.1, 0.15) is 36.8 Å². The highest BCUT2D eigenvalue weighted by Gasteiger charge is 2.59. The van der Waals surface area contributed by atoms with E-state index in [1.54, 1.807) is 17.0 Å². The predicted octanol–water partition coefficient (Wildman–Crippen LogP) is 4.71. The summed E-state index contributed by atoms with van der Waals surface area (Å²) in [7, 11) is 1.39. The van der Waals surface area contributed by atoms with Crippen LogP contribution in [-0.2, 0) is 20.7 Å². The number of carbonyl (C=O) groups excluding carboxylic acids is 2. The lowest BCUT2D eigenvalue weighted by molar-refractivity contribution is -0.140. The molecule has 1 amide bonds. The molecule has 1 heterocycles. The summed E-state index contributed by atoms with van der Waals surface area (Å²) < 4.78 is 4.71. The topological polar surface area (TPSA) is 54.2 Å². The number of hydrogen-bond donors (Lipinski definition) is 0. The minimum atomic E-state index is -0.642. The van der Waals surface area contributed by atoms with Gasteiger partial charge in [-0.1, -0.05) is 18.2 Å². The van der Waals surface area contributed by atoms with Crippen molar-refractivity contribution in [1.82, 2.24) is 0 Å². The number of nitrogens with zero attached hydrogens (tertiary/aromatic N) is 3. The first-order valence-corrected chi connectivity index (χ1v) is 10.6. The van der Waals surface area contributed by atoms with E-state index in [9.17, 15) is 9.59 Å². The van der Waals surface area contributed by atoms with E-state index in [0.717, 1.165) is 36.1 Å². The SMILES string of the molecule is [C-]#[N+]c1ccc(N2C(=O)C3(CCC3)N(c3ccc(CCC(=O)OC)cc3)C2=S)cc1C. The van der Waals surface area contributed by atoms with Crippen molar-refractivity contribution in [3.05, 3.63) is 65.0 Å². The molecule has 0 aromatic heterocycles. The van der Waals surface area contributed by atoms with Gasteiger partial charge >= 0.3 is 5.97 Å². The van der Waals surface area contributed by atoms with Crippen LogP contribution in [0.25, 0.3) is 4.85 Å². The Balaban J connectivity index is 1.64. The Morgan fingerprint density at radius 2 is 1.87 bits per heavy atom. The number of thiocarbonyl (C=S) groups is 1. The molecule has 0 N–H and O–H groups in total. The summed E-state index contributed by atoms with van der Waals surface area (Å²) in [4.78, 5) is 32.0. The second kappa shape index (κ2) is 8.12. The number of hydrogen-bond acceptors (Lipinski definition) is 4. The third-order valence-electron chi connectivity index (χ3n) is 6.19. The first-order valence-electron chi connectivity index (χ1n) is 10.2. The summed E-state index contributed by atoms with van der Waals surface area (Å²) in [6.07, 6.45) is 3.41. The van der Waals surface area contributed by atoms with Gasteiger partial charge in [-0.3, -0.25) is 14.5 Å². The third kappa shape index (κ3) is 3.47. The van der Waals surface area contributed by atoms with E-state index >= 15 is 0 Å². The number of anilines is 2. The predicted molar refractivity (Wildman–Crippen MR) is 123 cm³/mol. The number of carbonyl (C=O) groups is 2. The first kappa shape index (κ1) is 21.0. The largest absolute Gasteiger partial charge is 0.469 e. The van der Waals surface area contributed by atoms with E-state index in [1.165, 1.54) is 7.11 Å². The van der Waals surface area contributed by atoms with E-state index in [2.05, 4.69) is 4.85 Å². The Bertz CT molecular complexity index is 1100. The highest BCUT2D eigenvalue weighted by molar-refractivity contribution is 7.81. The van der Waals surface area contributed by atoms with Crippen molar-refractivity contribution in [3.8, 4) is 0 Å². The zero-order valence-corrected chi connectivity index (χ0v) is 18.4. The van der Waals surface area contributed by atoms with Crippen molar-refractivity contribution in [3.63, 3.8) is 0 Å². The minimum absolute atomic E-state index is 0.00604. The Morgan fingerprint density at radius 3 is 2.42 bits per heavy atom. The van der Waals surface area contributed by atoms with Gasteiger partial charge in [0.1, 0.15) is 5.54 Å². The lowest BCUT2D eigenvalue weighted by Crippen LogP contribution is -2.55. The van der Waals surface area contributed by atoms with Gasteiger partial charge in [0.2, 0.25) is 0 Å². The Morgan fingerprint density at radius 1 is 1.19 bits per heavy atom. The third-order valence-corrected chi connectivity index (χ3v) is 6.56. The van der Waals surface area contributed by atoms with E-state index in [0.29, 0.717) is 29.3 Å². The number of rotatable bonds is 5. The van der Waals surface area contributed by atoms with Crippen LogP contribution in [0, 0.1) is 13.5 Å². The number of methoxy groups -OCH3 is 1. The van der Waals surface area contributed by atoms with Crippen LogP contribution >= 0.6 is 12.2 Å². The molecule has 2 aromatic rings. The molecule has 0 unspecified atom stereocenters. The van der Waals surface area contributed by atoms with Gasteiger partial charge in [0, 0.05) is 17.8 Å². The fourth-order valence-corrected chi connectivity index (χ4v) is 4.74. The summed E-state index contributed by atoms with van der Waals surface area (Å²) in [5, 5.41) is 0.460. The molecule has 158 valence electrons. The van der Waals surface area contributed by atoms with Crippen molar-refractivity contribution >= 4 is 46.3 Å². The first-order chi connectivity index (χ1) is 14.9. The molecule has 1 aliphatic heterocycles. The molecule has 4 rings (SSSR count). The second-order valence-electron chi connectivity index (χ2n) is 7.97. The summed E-state index contributed by atoms with van der Waals surface area (Å²) in [6, 6.07) is 13.2. The fraction of sp³-hybridized carbons (Fsp3) is 0.333. The van der Waals surface area contributed by atoms with Gasteiger partial charge in [0.05, 0.1) is 13.7 Å². The molecule has 1 spiro atoms. The number of benzene rings is 2. The highest BCUT2D eigenvalue weighted by atomic mass is 32.1. The Labute approximate surface area is 187 Å². The zero-order chi connectivity index (χ0) is 22.2. The maximum atomic E-state index is 13.5. The summed E-state index contributed by atoms with van der Waals surface area (Å²) in [5.74, 6) is -0.243. The zero-order valence-electron chi connectivity index (χ0n) is 17.6. The van der Waals surface area contributed by atoms with Crippen molar-refractivity contribution in [1.29, 1.82) is 0 Å². The average molecular weight is 434 g/mol. The van der Waals surface area contributed by atoms with Crippen molar-refractivity contribution in [2.75, 3.05) is 16.9 Å². The van der Waals surface area contributed by atoms with Gasteiger partial charge < -0.3 is 9.64 Å². The van der Waals surface area contributed by atoms with Gasteiger partial charge in [0.15, 0.2) is 10.8 Å². The summed E-state index contributed by atoms with van der Waals surface area (Å²) in [5.41, 5.74) is 3.34. The molecule has 1 aliphatic carbocycles. The van der Waals surface area contributed by atoms with Gasteiger partial charge in [-0.05, 0) is 80.2 Å². The van der Waals surface area contributed by atoms with E-state index in [4.69, 9.17) is 23.5 Å². The molecular formula is C24H23N3O3S. The number of esters is 1. The van der Waals surface area contributed by atoms with Crippen LogP contribution in [0.2, 0.25) is 0 Å². The van der Waals surface area contributed by atoms with Crippen LogP contribution in [0.3, 0.4) is 0 Å². The lowest BCUT2D eigenvalue weighted by atomic mass is 9.75. The molecule has 1 saturated carbocycles. The molecule has 1 saturated heterocycles. The van der Waals surface area contributed by atoms with Crippen molar-refractivity contribution < 1.29 is 14.3 Å². The average Bonchev–Trinajstić information content (AvgIpc) is 2.99. The van der Waals surface area contributed by atoms with Gasteiger partial charge in [0.25, 0.3) is 5.91 Å².